The van der Waals surface area contributed by atoms with Gasteiger partial charge in [-0.3, -0.25) is 4.79 Å². The highest BCUT2D eigenvalue weighted by atomic mass is 32.2. The van der Waals surface area contributed by atoms with E-state index in [9.17, 15) is 4.79 Å². The first-order valence-corrected chi connectivity index (χ1v) is 7.68. The molecular weight excluding hydrogens is 234 g/mol. The highest BCUT2D eigenvalue weighted by molar-refractivity contribution is 7.99. The van der Waals surface area contributed by atoms with E-state index in [0.29, 0.717) is 0 Å². The standard InChI is InChI=1S/C11H23NO2S.C2H6/c1-10(2)4-6-14-7-9-15-8-5-12-11(3)13;1-2/h10H,4-9H2,1-3H3,(H,12,13);1-2H3. The van der Waals surface area contributed by atoms with E-state index in [2.05, 4.69) is 19.2 Å². The van der Waals surface area contributed by atoms with Gasteiger partial charge in [-0.2, -0.15) is 11.8 Å². The lowest BCUT2D eigenvalue weighted by molar-refractivity contribution is -0.118. The number of hydrogen-bond donors (Lipinski definition) is 1. The molecule has 0 aromatic rings. The van der Waals surface area contributed by atoms with Crippen molar-refractivity contribution in [2.45, 2.75) is 41.0 Å². The molecule has 0 spiro atoms. The summed E-state index contributed by atoms with van der Waals surface area (Å²) < 4.78 is 5.46. The molecule has 0 rings (SSSR count). The second kappa shape index (κ2) is 15.8. The fraction of sp³-hybridized carbons (Fsp3) is 0.923. The van der Waals surface area contributed by atoms with Gasteiger partial charge >= 0.3 is 0 Å². The summed E-state index contributed by atoms with van der Waals surface area (Å²) in [5.41, 5.74) is 0. The second-order valence-corrected chi connectivity index (χ2v) is 5.11. The van der Waals surface area contributed by atoms with Crippen molar-refractivity contribution in [3.63, 3.8) is 0 Å². The molecule has 0 saturated carbocycles. The topological polar surface area (TPSA) is 38.3 Å². The molecule has 1 amide bonds. The van der Waals surface area contributed by atoms with Crippen molar-refractivity contribution in [1.82, 2.24) is 5.32 Å². The number of ether oxygens (including phenoxy) is 1. The SMILES string of the molecule is CC.CC(=O)NCCSCCOCCC(C)C. The summed E-state index contributed by atoms with van der Waals surface area (Å²) in [7, 11) is 0. The molecule has 0 bridgehead atoms. The number of hydrogen-bond acceptors (Lipinski definition) is 3. The zero-order valence-corrected chi connectivity index (χ0v) is 12.9. The van der Waals surface area contributed by atoms with Crippen LogP contribution in [0.2, 0.25) is 0 Å². The molecule has 1 N–H and O–H groups in total. The van der Waals surface area contributed by atoms with Gasteiger partial charge in [-0.15, -0.1) is 0 Å². The maximum Gasteiger partial charge on any atom is 0.216 e. The average molecular weight is 263 g/mol. The lowest BCUT2D eigenvalue weighted by atomic mass is 10.1. The second-order valence-electron chi connectivity index (χ2n) is 3.89. The molecule has 3 nitrogen and oxygen atoms in total. The molecule has 0 fully saturated rings. The van der Waals surface area contributed by atoms with Crippen LogP contribution in [0.3, 0.4) is 0 Å². The van der Waals surface area contributed by atoms with Gasteiger partial charge < -0.3 is 10.1 Å². The Morgan fingerprint density at radius 2 is 1.88 bits per heavy atom. The summed E-state index contributed by atoms with van der Waals surface area (Å²) in [4.78, 5) is 10.5. The third-order valence-electron chi connectivity index (χ3n) is 1.83. The number of rotatable bonds is 9. The van der Waals surface area contributed by atoms with Gasteiger partial charge in [0.2, 0.25) is 5.91 Å². The molecule has 0 heterocycles. The van der Waals surface area contributed by atoms with E-state index in [1.807, 2.05) is 25.6 Å². The molecule has 0 aromatic heterocycles. The van der Waals surface area contributed by atoms with Crippen LogP contribution in [0.1, 0.15) is 41.0 Å². The summed E-state index contributed by atoms with van der Waals surface area (Å²) >= 11 is 1.81. The van der Waals surface area contributed by atoms with Gasteiger partial charge in [0.1, 0.15) is 0 Å². The molecule has 0 aliphatic rings. The molecule has 0 atom stereocenters. The Morgan fingerprint density at radius 3 is 2.41 bits per heavy atom. The van der Waals surface area contributed by atoms with Gasteiger partial charge in [-0.1, -0.05) is 27.7 Å². The van der Waals surface area contributed by atoms with Crippen molar-refractivity contribution in [2.75, 3.05) is 31.3 Å². The maximum absolute atomic E-state index is 10.5. The normalized spacial score (nSPS) is 9.76. The molecule has 0 unspecified atom stereocenters. The zero-order valence-electron chi connectivity index (χ0n) is 12.0. The van der Waals surface area contributed by atoms with Crippen LogP contribution in [0.15, 0.2) is 0 Å². The van der Waals surface area contributed by atoms with E-state index in [-0.39, 0.29) is 5.91 Å². The van der Waals surface area contributed by atoms with Crippen molar-refractivity contribution in [3.8, 4) is 0 Å². The van der Waals surface area contributed by atoms with Gasteiger partial charge in [0.15, 0.2) is 0 Å². The van der Waals surface area contributed by atoms with Crippen LogP contribution >= 0.6 is 11.8 Å². The fourth-order valence-corrected chi connectivity index (χ4v) is 1.63. The van der Waals surface area contributed by atoms with Gasteiger partial charge in [-0.25, -0.2) is 0 Å². The molecule has 0 saturated heterocycles. The highest BCUT2D eigenvalue weighted by Gasteiger charge is 1.95. The zero-order chi connectivity index (χ0) is 13.5. The first-order chi connectivity index (χ1) is 8.13. The number of carbonyl (C=O) groups excluding carboxylic acids is 1. The highest BCUT2D eigenvalue weighted by Crippen LogP contribution is 2.01. The molecule has 0 aliphatic heterocycles. The van der Waals surface area contributed by atoms with E-state index in [0.717, 1.165) is 43.6 Å². The molecule has 17 heavy (non-hydrogen) atoms. The minimum atomic E-state index is 0.0452. The summed E-state index contributed by atoms with van der Waals surface area (Å²) in [5.74, 6) is 2.74. The Morgan fingerprint density at radius 1 is 1.24 bits per heavy atom. The van der Waals surface area contributed by atoms with Crippen LogP contribution in [-0.2, 0) is 9.53 Å². The minimum absolute atomic E-state index is 0.0452. The summed E-state index contributed by atoms with van der Waals surface area (Å²) in [6, 6.07) is 0. The van der Waals surface area contributed by atoms with Crippen molar-refractivity contribution in [1.29, 1.82) is 0 Å². The number of nitrogens with one attached hydrogen (secondary N) is 1. The third-order valence-corrected chi connectivity index (χ3v) is 2.78. The predicted molar refractivity (Wildman–Crippen MR) is 77.6 cm³/mol. The van der Waals surface area contributed by atoms with Crippen molar-refractivity contribution in [2.24, 2.45) is 5.92 Å². The van der Waals surface area contributed by atoms with Gasteiger partial charge in [0.05, 0.1) is 6.61 Å². The van der Waals surface area contributed by atoms with Crippen LogP contribution in [-0.4, -0.2) is 37.2 Å². The lowest BCUT2D eigenvalue weighted by Crippen LogP contribution is -2.22. The molecule has 0 radical (unpaired) electrons. The molecule has 4 heteroatoms. The fourth-order valence-electron chi connectivity index (χ4n) is 0.940. The largest absolute Gasteiger partial charge is 0.381 e. The van der Waals surface area contributed by atoms with Crippen LogP contribution in [0.4, 0.5) is 0 Å². The Balaban J connectivity index is 0. The Labute approximate surface area is 111 Å². The first-order valence-electron chi connectivity index (χ1n) is 6.53. The summed E-state index contributed by atoms with van der Waals surface area (Å²) in [6.07, 6.45) is 1.14. The number of amides is 1. The van der Waals surface area contributed by atoms with Crippen molar-refractivity contribution < 1.29 is 9.53 Å². The monoisotopic (exact) mass is 263 g/mol. The van der Waals surface area contributed by atoms with Crippen LogP contribution in [0.5, 0.6) is 0 Å². The van der Waals surface area contributed by atoms with E-state index in [4.69, 9.17) is 4.74 Å². The molecular formula is C13H29NO2S. The van der Waals surface area contributed by atoms with E-state index in [1.54, 1.807) is 6.92 Å². The Hall–Kier alpha value is -0.220. The van der Waals surface area contributed by atoms with E-state index in [1.165, 1.54) is 0 Å². The Kier molecular flexibility index (Phi) is 17.8. The van der Waals surface area contributed by atoms with Crippen LogP contribution in [0, 0.1) is 5.92 Å². The van der Waals surface area contributed by atoms with Crippen molar-refractivity contribution in [3.05, 3.63) is 0 Å². The summed E-state index contributed by atoms with van der Waals surface area (Å²) in [6.45, 7) is 12.4. The van der Waals surface area contributed by atoms with Gasteiger partial charge in [-0.05, 0) is 12.3 Å². The number of carbonyl (C=O) groups is 1. The van der Waals surface area contributed by atoms with Gasteiger partial charge in [0, 0.05) is 31.6 Å². The van der Waals surface area contributed by atoms with Crippen LogP contribution < -0.4 is 5.32 Å². The van der Waals surface area contributed by atoms with Crippen molar-refractivity contribution >= 4 is 17.7 Å². The third kappa shape index (κ3) is 21.6. The number of thioether (sulfide) groups is 1. The van der Waals surface area contributed by atoms with Gasteiger partial charge in [0.25, 0.3) is 0 Å². The molecule has 0 aromatic carbocycles. The summed E-state index contributed by atoms with van der Waals surface area (Å²) in [5, 5.41) is 2.76. The quantitative estimate of drug-likeness (QED) is 0.650. The minimum Gasteiger partial charge on any atom is -0.381 e. The maximum atomic E-state index is 10.5. The smallest absolute Gasteiger partial charge is 0.216 e. The van der Waals surface area contributed by atoms with E-state index < -0.39 is 0 Å². The van der Waals surface area contributed by atoms with Crippen LogP contribution in [0.25, 0.3) is 0 Å². The first kappa shape index (κ1) is 19.1. The molecule has 0 aliphatic carbocycles. The Bertz CT molecular complexity index is 163. The average Bonchev–Trinajstić information content (AvgIpc) is 2.29. The molecule has 104 valence electrons. The lowest BCUT2D eigenvalue weighted by Gasteiger charge is -2.06. The predicted octanol–water partition coefficient (Wildman–Crippen LogP) is 2.94. The van der Waals surface area contributed by atoms with E-state index >= 15 is 0 Å².